The lowest BCUT2D eigenvalue weighted by Crippen LogP contribution is -2.42. The topological polar surface area (TPSA) is 44.4 Å². The van der Waals surface area contributed by atoms with E-state index in [1.165, 1.54) is 6.07 Å². The minimum Gasteiger partial charge on any atom is -0.322 e. The van der Waals surface area contributed by atoms with E-state index in [9.17, 15) is 9.18 Å². The Hall–Kier alpha value is -1.17. The number of hydrogen-bond acceptors (Lipinski definition) is 3. The third kappa shape index (κ3) is 5.26. The van der Waals surface area contributed by atoms with Gasteiger partial charge in [-0.05, 0) is 38.1 Å². The highest BCUT2D eigenvalue weighted by Gasteiger charge is 2.23. The number of hydrogen-bond donors (Lipinski definition) is 2. The number of anilines is 1. The van der Waals surface area contributed by atoms with Crippen molar-refractivity contribution < 1.29 is 9.18 Å². The van der Waals surface area contributed by atoms with Crippen LogP contribution in [0.2, 0.25) is 0 Å². The van der Waals surface area contributed by atoms with Gasteiger partial charge in [0.25, 0.3) is 0 Å². The summed E-state index contributed by atoms with van der Waals surface area (Å²) in [4.78, 5) is 14.2. The number of rotatable bonds is 6. The molecule has 1 fully saturated rings. The summed E-state index contributed by atoms with van der Waals surface area (Å²) in [5.41, 5.74) is 0.249. The largest absolute Gasteiger partial charge is 0.322 e. The van der Waals surface area contributed by atoms with Gasteiger partial charge in [0.15, 0.2) is 0 Å². The van der Waals surface area contributed by atoms with Gasteiger partial charge in [-0.2, -0.15) is 0 Å². The number of carbonyl (C=O) groups excluding carboxylic acids is 1. The van der Waals surface area contributed by atoms with Gasteiger partial charge in [-0.15, -0.1) is 12.4 Å². The summed E-state index contributed by atoms with van der Waals surface area (Å²) >= 11 is 0. The van der Waals surface area contributed by atoms with Gasteiger partial charge in [-0.25, -0.2) is 4.39 Å². The van der Waals surface area contributed by atoms with E-state index in [1.807, 2.05) is 0 Å². The molecular formula is C15H23ClFN3O. The molecule has 0 spiro atoms. The second-order valence-electron chi connectivity index (χ2n) is 5.15. The fourth-order valence-corrected chi connectivity index (χ4v) is 2.57. The van der Waals surface area contributed by atoms with Crippen LogP contribution in [0.3, 0.4) is 0 Å². The lowest BCUT2D eigenvalue weighted by atomic mass is 10.2. The van der Waals surface area contributed by atoms with Crippen LogP contribution in [0.25, 0.3) is 0 Å². The van der Waals surface area contributed by atoms with Crippen molar-refractivity contribution in [1.82, 2.24) is 10.2 Å². The first kappa shape index (κ1) is 17.9. The van der Waals surface area contributed by atoms with Gasteiger partial charge in [0.05, 0.1) is 12.2 Å². The smallest absolute Gasteiger partial charge is 0.238 e. The summed E-state index contributed by atoms with van der Waals surface area (Å²) in [6.07, 6.45) is 2.07. The molecule has 21 heavy (non-hydrogen) atoms. The van der Waals surface area contributed by atoms with Crippen molar-refractivity contribution in [2.75, 3.05) is 31.5 Å². The Balaban J connectivity index is 0.00000220. The molecule has 1 saturated heterocycles. The molecule has 0 bridgehead atoms. The Morgan fingerprint density at radius 2 is 2.24 bits per heavy atom. The third-order valence-corrected chi connectivity index (χ3v) is 3.56. The van der Waals surface area contributed by atoms with Crippen LogP contribution in [0.4, 0.5) is 10.1 Å². The molecular weight excluding hydrogens is 293 g/mol. The van der Waals surface area contributed by atoms with Crippen LogP contribution in [0, 0.1) is 5.82 Å². The van der Waals surface area contributed by atoms with E-state index in [4.69, 9.17) is 0 Å². The Morgan fingerprint density at radius 1 is 1.48 bits per heavy atom. The highest BCUT2D eigenvalue weighted by atomic mass is 35.5. The molecule has 0 aliphatic carbocycles. The van der Waals surface area contributed by atoms with Crippen molar-refractivity contribution in [1.29, 1.82) is 0 Å². The van der Waals surface area contributed by atoms with Crippen molar-refractivity contribution in [2.45, 2.75) is 25.8 Å². The van der Waals surface area contributed by atoms with E-state index in [-0.39, 0.29) is 24.0 Å². The zero-order valence-corrected chi connectivity index (χ0v) is 13.1. The molecule has 0 aromatic heterocycles. The molecule has 1 aromatic rings. The molecule has 2 rings (SSSR count). The van der Waals surface area contributed by atoms with Crippen LogP contribution < -0.4 is 10.6 Å². The van der Waals surface area contributed by atoms with Gasteiger partial charge in [0.1, 0.15) is 5.82 Å². The molecule has 2 N–H and O–H groups in total. The van der Waals surface area contributed by atoms with Crippen LogP contribution >= 0.6 is 12.4 Å². The van der Waals surface area contributed by atoms with Crippen LogP contribution in [-0.4, -0.2) is 43.0 Å². The number of benzene rings is 1. The van der Waals surface area contributed by atoms with E-state index >= 15 is 0 Å². The van der Waals surface area contributed by atoms with E-state index in [1.54, 1.807) is 18.2 Å². The Morgan fingerprint density at radius 3 is 2.86 bits per heavy atom. The normalized spacial score (nSPS) is 17.6. The summed E-state index contributed by atoms with van der Waals surface area (Å²) in [6.45, 7) is 5.22. The van der Waals surface area contributed by atoms with E-state index < -0.39 is 5.82 Å². The standard InChI is InChI=1S/C15H22FN3O.ClH/c1-2-9-19(12-7-8-17-10-12)11-15(20)18-14-6-4-3-5-13(14)16;/h3-6,12,17H,2,7-11H2,1H3,(H,18,20);1H. The zero-order chi connectivity index (χ0) is 14.4. The van der Waals surface area contributed by atoms with Gasteiger partial charge in [-0.1, -0.05) is 19.1 Å². The first-order valence-electron chi connectivity index (χ1n) is 7.20. The van der Waals surface area contributed by atoms with Gasteiger partial charge < -0.3 is 10.6 Å². The molecule has 1 atom stereocenters. The average molecular weight is 316 g/mol. The maximum absolute atomic E-state index is 13.5. The minimum absolute atomic E-state index is 0. The van der Waals surface area contributed by atoms with Crippen molar-refractivity contribution in [2.24, 2.45) is 0 Å². The lowest BCUT2D eigenvalue weighted by molar-refractivity contribution is -0.117. The molecule has 0 radical (unpaired) electrons. The van der Waals surface area contributed by atoms with Gasteiger partial charge in [0, 0.05) is 12.6 Å². The van der Waals surface area contributed by atoms with Gasteiger partial charge >= 0.3 is 0 Å². The van der Waals surface area contributed by atoms with Crippen LogP contribution in [0.5, 0.6) is 0 Å². The van der Waals surface area contributed by atoms with E-state index in [0.29, 0.717) is 12.6 Å². The number of amides is 1. The van der Waals surface area contributed by atoms with E-state index in [2.05, 4.69) is 22.5 Å². The maximum atomic E-state index is 13.5. The number of nitrogens with zero attached hydrogens (tertiary/aromatic N) is 1. The molecule has 1 amide bonds. The van der Waals surface area contributed by atoms with Gasteiger partial charge in [-0.3, -0.25) is 9.69 Å². The monoisotopic (exact) mass is 315 g/mol. The molecule has 1 unspecified atom stereocenters. The SMILES string of the molecule is CCCN(CC(=O)Nc1ccccc1F)C1CCNC1.Cl. The molecule has 0 saturated carbocycles. The Bertz CT molecular complexity index is 452. The summed E-state index contributed by atoms with van der Waals surface area (Å²) < 4.78 is 13.5. The fourth-order valence-electron chi connectivity index (χ4n) is 2.57. The summed E-state index contributed by atoms with van der Waals surface area (Å²) in [6, 6.07) is 6.65. The number of halogens is 2. The fraction of sp³-hybridized carbons (Fsp3) is 0.533. The molecule has 4 nitrogen and oxygen atoms in total. The zero-order valence-electron chi connectivity index (χ0n) is 12.3. The number of para-hydroxylation sites is 1. The molecule has 6 heteroatoms. The van der Waals surface area contributed by atoms with E-state index in [0.717, 1.165) is 32.5 Å². The van der Waals surface area contributed by atoms with Gasteiger partial charge in [0.2, 0.25) is 5.91 Å². The summed E-state index contributed by atoms with van der Waals surface area (Å²) in [5, 5.41) is 5.96. The second kappa shape index (κ2) is 8.97. The average Bonchev–Trinajstić information content (AvgIpc) is 2.95. The summed E-state index contributed by atoms with van der Waals surface area (Å²) in [7, 11) is 0. The minimum atomic E-state index is -0.398. The van der Waals surface area contributed by atoms with Crippen molar-refractivity contribution >= 4 is 24.0 Å². The second-order valence-corrected chi connectivity index (χ2v) is 5.15. The first-order chi connectivity index (χ1) is 9.70. The van der Waals surface area contributed by atoms with Crippen molar-refractivity contribution in [3.8, 4) is 0 Å². The van der Waals surface area contributed by atoms with Crippen molar-refractivity contribution in [3.63, 3.8) is 0 Å². The highest BCUT2D eigenvalue weighted by molar-refractivity contribution is 5.92. The molecule has 1 heterocycles. The summed E-state index contributed by atoms with van der Waals surface area (Å²) in [5.74, 6) is -0.555. The lowest BCUT2D eigenvalue weighted by Gasteiger charge is -2.27. The highest BCUT2D eigenvalue weighted by Crippen LogP contribution is 2.13. The number of nitrogens with one attached hydrogen (secondary N) is 2. The quantitative estimate of drug-likeness (QED) is 0.846. The number of carbonyl (C=O) groups is 1. The predicted molar refractivity (Wildman–Crippen MR) is 85.4 cm³/mol. The molecule has 1 aliphatic heterocycles. The molecule has 1 aliphatic rings. The predicted octanol–water partition coefficient (Wildman–Crippen LogP) is 2.26. The third-order valence-electron chi connectivity index (χ3n) is 3.56. The molecule has 118 valence electrons. The van der Waals surface area contributed by atoms with Crippen molar-refractivity contribution in [3.05, 3.63) is 30.1 Å². The Labute approximate surface area is 131 Å². The van der Waals surface area contributed by atoms with Crippen LogP contribution in [0.15, 0.2) is 24.3 Å². The Kier molecular flexibility index (Phi) is 7.64. The maximum Gasteiger partial charge on any atom is 0.238 e. The van der Waals surface area contributed by atoms with Crippen LogP contribution in [0.1, 0.15) is 19.8 Å². The first-order valence-corrected chi connectivity index (χ1v) is 7.20. The molecule has 1 aromatic carbocycles. The van der Waals surface area contributed by atoms with Crippen LogP contribution in [-0.2, 0) is 4.79 Å².